The Morgan fingerprint density at radius 1 is 0.561 bits per heavy atom. The van der Waals surface area contributed by atoms with E-state index in [4.69, 9.17) is 9.31 Å². The van der Waals surface area contributed by atoms with Crippen LogP contribution in [0.15, 0.2) is 103 Å². The van der Waals surface area contributed by atoms with Crippen LogP contribution in [0.25, 0.3) is 60.3 Å². The van der Waals surface area contributed by atoms with E-state index in [9.17, 15) is 0 Å². The molecule has 0 bridgehead atoms. The van der Waals surface area contributed by atoms with E-state index in [0.717, 1.165) is 54.8 Å². The zero-order valence-corrected chi connectivity index (χ0v) is 23.5. The van der Waals surface area contributed by atoms with Crippen LogP contribution in [-0.2, 0) is 9.31 Å². The van der Waals surface area contributed by atoms with Crippen LogP contribution in [0.2, 0.25) is 0 Å². The zero-order chi connectivity index (χ0) is 28.1. The number of halogens is 1. The van der Waals surface area contributed by atoms with Crippen molar-refractivity contribution < 1.29 is 13.7 Å². The Balaban J connectivity index is 1.44. The summed E-state index contributed by atoms with van der Waals surface area (Å²) in [5.41, 5.74) is 6.94. The Bertz CT molecular complexity index is 2100. The quantitative estimate of drug-likeness (QED) is 0.211. The molecular weight excluding hydrogens is 508 g/mol. The largest absolute Gasteiger partial charge is 0.497 e. The molecule has 0 N–H and O–H groups in total. The van der Waals surface area contributed by atoms with Crippen LogP contribution >= 0.6 is 0 Å². The maximum absolute atomic E-state index is 16.0. The summed E-state index contributed by atoms with van der Waals surface area (Å²) in [5.74, 6) is -0.325. The van der Waals surface area contributed by atoms with Crippen molar-refractivity contribution in [2.45, 2.75) is 38.9 Å². The molecule has 8 rings (SSSR count). The number of benzene rings is 5. The molecule has 0 saturated carbocycles. The fraction of sp³-hybridized carbons (Fsp3) is 0.167. The SMILES string of the molecule is CC1(C)OB(c2cc3c4cc(-c5ccccc5)cc5c6cc(-c7ccccc7)ccc6n(c3cc2F)c54)OC1(C)C. The second-order valence-electron chi connectivity index (χ2n) is 12.2. The lowest BCUT2D eigenvalue weighted by Crippen LogP contribution is -2.41. The molecule has 200 valence electrons. The first-order valence-corrected chi connectivity index (χ1v) is 14.1. The van der Waals surface area contributed by atoms with Crippen molar-refractivity contribution in [2.24, 2.45) is 0 Å². The standard InChI is InChI=1S/C36H29BFNO2/c1-35(2)36(3,4)41-37(40-35)30-20-27-29-19-25(23-13-9-6-10-14-23)18-28-26-17-24(22-11-7-5-8-12-22)15-16-32(26)39(34(28)29)33(27)21-31(30)38/h5-21H,1-4H3. The third kappa shape index (κ3) is 3.52. The molecule has 0 unspecified atom stereocenters. The third-order valence-electron chi connectivity index (χ3n) is 9.23. The lowest BCUT2D eigenvalue weighted by atomic mass is 9.78. The fourth-order valence-electron chi connectivity index (χ4n) is 6.34. The van der Waals surface area contributed by atoms with Gasteiger partial charge in [0, 0.05) is 27.0 Å². The highest BCUT2D eigenvalue weighted by Gasteiger charge is 2.52. The van der Waals surface area contributed by atoms with Crippen LogP contribution in [0.3, 0.4) is 0 Å². The first-order valence-electron chi connectivity index (χ1n) is 14.1. The van der Waals surface area contributed by atoms with Gasteiger partial charge in [0.25, 0.3) is 0 Å². The van der Waals surface area contributed by atoms with Crippen LogP contribution in [-0.4, -0.2) is 22.7 Å². The summed E-state index contributed by atoms with van der Waals surface area (Å²) >= 11 is 0. The van der Waals surface area contributed by atoms with Gasteiger partial charge in [0.15, 0.2) is 0 Å². The molecule has 7 aromatic rings. The lowest BCUT2D eigenvalue weighted by Gasteiger charge is -2.32. The van der Waals surface area contributed by atoms with E-state index in [1.165, 1.54) is 5.56 Å². The molecule has 2 aromatic heterocycles. The molecule has 41 heavy (non-hydrogen) atoms. The molecule has 3 nitrogen and oxygen atoms in total. The minimum atomic E-state index is -0.775. The Kier molecular flexibility index (Phi) is 5.05. The summed E-state index contributed by atoms with van der Waals surface area (Å²) in [4.78, 5) is 0. The van der Waals surface area contributed by atoms with Gasteiger partial charge in [-0.25, -0.2) is 4.39 Å². The number of hydrogen-bond donors (Lipinski definition) is 0. The van der Waals surface area contributed by atoms with Crippen LogP contribution in [0.4, 0.5) is 4.39 Å². The molecule has 1 aliphatic rings. The molecule has 5 heteroatoms. The van der Waals surface area contributed by atoms with Gasteiger partial charge in [-0.3, -0.25) is 0 Å². The topological polar surface area (TPSA) is 22.9 Å². The van der Waals surface area contributed by atoms with E-state index in [1.807, 2.05) is 45.9 Å². The highest BCUT2D eigenvalue weighted by molar-refractivity contribution is 6.62. The summed E-state index contributed by atoms with van der Waals surface area (Å²) in [7, 11) is -0.775. The average Bonchev–Trinajstić information content (AvgIpc) is 3.55. The second kappa shape index (κ2) is 8.42. The average molecular weight is 537 g/mol. The van der Waals surface area contributed by atoms with Gasteiger partial charge in [0.2, 0.25) is 0 Å². The molecule has 1 fully saturated rings. The third-order valence-corrected chi connectivity index (χ3v) is 9.23. The minimum absolute atomic E-state index is 0.325. The summed E-state index contributed by atoms with van der Waals surface area (Å²) in [6.45, 7) is 7.97. The van der Waals surface area contributed by atoms with E-state index in [2.05, 4.69) is 83.3 Å². The highest BCUT2D eigenvalue weighted by Crippen LogP contribution is 2.43. The van der Waals surface area contributed by atoms with Gasteiger partial charge in [0.1, 0.15) is 5.82 Å². The predicted molar refractivity (Wildman–Crippen MR) is 168 cm³/mol. The zero-order valence-electron chi connectivity index (χ0n) is 23.5. The van der Waals surface area contributed by atoms with Crippen LogP contribution in [0.5, 0.6) is 0 Å². The van der Waals surface area contributed by atoms with Gasteiger partial charge in [-0.2, -0.15) is 0 Å². The number of rotatable bonds is 3. The Labute approximate surface area is 238 Å². The van der Waals surface area contributed by atoms with Crippen LogP contribution in [0, 0.1) is 5.82 Å². The maximum atomic E-state index is 16.0. The Morgan fingerprint density at radius 2 is 1.10 bits per heavy atom. The van der Waals surface area contributed by atoms with E-state index in [0.29, 0.717) is 5.46 Å². The van der Waals surface area contributed by atoms with Gasteiger partial charge in [-0.15, -0.1) is 0 Å². The highest BCUT2D eigenvalue weighted by atomic mass is 19.1. The summed E-state index contributed by atoms with van der Waals surface area (Å²) < 4.78 is 30.7. The normalized spacial score (nSPS) is 16.6. The number of fused-ring (bicyclic) bond motifs is 6. The smallest absolute Gasteiger partial charge is 0.399 e. The fourth-order valence-corrected chi connectivity index (χ4v) is 6.34. The van der Waals surface area contributed by atoms with Crippen molar-refractivity contribution in [3.05, 3.63) is 109 Å². The summed E-state index contributed by atoms with van der Waals surface area (Å²) in [6.07, 6.45) is 0. The van der Waals surface area contributed by atoms with Gasteiger partial charge < -0.3 is 13.7 Å². The molecule has 3 heterocycles. The van der Waals surface area contributed by atoms with Crippen molar-refractivity contribution >= 4 is 50.7 Å². The van der Waals surface area contributed by atoms with E-state index in [1.54, 1.807) is 6.07 Å². The van der Waals surface area contributed by atoms with Crippen molar-refractivity contribution in [2.75, 3.05) is 0 Å². The molecular formula is C36H29BFNO2. The summed E-state index contributed by atoms with van der Waals surface area (Å²) in [5, 5.41) is 4.39. The number of hydrogen-bond acceptors (Lipinski definition) is 2. The molecule has 0 atom stereocenters. The number of nitrogens with zero attached hydrogens (tertiary/aromatic N) is 1. The van der Waals surface area contributed by atoms with E-state index < -0.39 is 18.3 Å². The van der Waals surface area contributed by atoms with Gasteiger partial charge >= 0.3 is 7.12 Å². The Morgan fingerprint density at radius 3 is 1.71 bits per heavy atom. The van der Waals surface area contributed by atoms with Gasteiger partial charge in [-0.05, 0) is 86.3 Å². The Hall–Kier alpha value is -4.19. The van der Waals surface area contributed by atoms with Crippen molar-refractivity contribution in [1.29, 1.82) is 0 Å². The maximum Gasteiger partial charge on any atom is 0.497 e. The molecule has 0 spiro atoms. The van der Waals surface area contributed by atoms with Crippen LogP contribution in [0.1, 0.15) is 27.7 Å². The monoisotopic (exact) mass is 537 g/mol. The molecule has 1 saturated heterocycles. The van der Waals surface area contributed by atoms with Crippen LogP contribution < -0.4 is 5.46 Å². The predicted octanol–water partition coefficient (Wildman–Crippen LogP) is 8.61. The van der Waals surface area contributed by atoms with E-state index in [-0.39, 0.29) is 5.82 Å². The first kappa shape index (κ1) is 24.6. The molecule has 0 amide bonds. The van der Waals surface area contributed by atoms with Crippen molar-refractivity contribution in [1.82, 2.24) is 4.40 Å². The molecule has 1 aliphatic heterocycles. The van der Waals surface area contributed by atoms with Gasteiger partial charge in [-0.1, -0.05) is 66.7 Å². The first-order chi connectivity index (χ1) is 19.7. The minimum Gasteiger partial charge on any atom is -0.399 e. The second-order valence-corrected chi connectivity index (χ2v) is 12.2. The van der Waals surface area contributed by atoms with Crippen molar-refractivity contribution in [3.63, 3.8) is 0 Å². The van der Waals surface area contributed by atoms with Gasteiger partial charge in [0.05, 0.1) is 27.8 Å². The van der Waals surface area contributed by atoms with Crippen molar-refractivity contribution in [3.8, 4) is 22.3 Å². The summed E-state index contributed by atoms with van der Waals surface area (Å²) in [6, 6.07) is 35.6. The number of aromatic nitrogens is 1. The molecule has 0 radical (unpaired) electrons. The lowest BCUT2D eigenvalue weighted by molar-refractivity contribution is 0.00578. The molecule has 0 aliphatic carbocycles. The van der Waals surface area contributed by atoms with E-state index >= 15 is 4.39 Å². The molecule has 5 aromatic carbocycles.